The smallest absolute Gasteiger partial charge is 0.223 e. The minimum Gasteiger partial charge on any atom is -0.497 e. The highest BCUT2D eigenvalue weighted by atomic mass is 16.5. The average molecular weight is 306 g/mol. The number of nitrogens with zero attached hydrogens (tertiary/aromatic N) is 1. The molecule has 1 aliphatic heterocycles. The monoisotopic (exact) mass is 306 g/mol. The molecule has 0 spiro atoms. The van der Waals surface area contributed by atoms with E-state index in [0.717, 1.165) is 42.9 Å². The van der Waals surface area contributed by atoms with E-state index in [2.05, 4.69) is 0 Å². The first-order valence-electron chi connectivity index (χ1n) is 7.83. The molecule has 1 saturated heterocycles. The van der Waals surface area contributed by atoms with Gasteiger partial charge in [0.25, 0.3) is 0 Å². The second kappa shape index (κ2) is 7.49. The van der Waals surface area contributed by atoms with Crippen molar-refractivity contribution in [2.75, 3.05) is 20.8 Å². The predicted octanol–water partition coefficient (Wildman–Crippen LogP) is 2.49. The SMILES string of the molecule is COc1ccc(C2CCCN2C(=O)CCC(C)N)c(OC)c1. The molecule has 0 aromatic heterocycles. The molecular formula is C17H26N2O3. The highest BCUT2D eigenvalue weighted by Gasteiger charge is 2.31. The minimum atomic E-state index is 0.0560. The molecular weight excluding hydrogens is 280 g/mol. The zero-order valence-electron chi connectivity index (χ0n) is 13.7. The van der Waals surface area contributed by atoms with E-state index in [0.29, 0.717) is 6.42 Å². The Balaban J connectivity index is 2.18. The molecule has 1 aliphatic rings. The number of hydrogen-bond donors (Lipinski definition) is 1. The summed E-state index contributed by atoms with van der Waals surface area (Å²) >= 11 is 0. The Morgan fingerprint density at radius 1 is 1.41 bits per heavy atom. The van der Waals surface area contributed by atoms with Gasteiger partial charge in [0.15, 0.2) is 0 Å². The predicted molar refractivity (Wildman–Crippen MR) is 86.1 cm³/mol. The highest BCUT2D eigenvalue weighted by molar-refractivity contribution is 5.77. The molecule has 1 amide bonds. The van der Waals surface area contributed by atoms with Crippen molar-refractivity contribution in [2.24, 2.45) is 5.73 Å². The maximum absolute atomic E-state index is 12.5. The number of benzene rings is 1. The standard InChI is InChI=1S/C17H26N2O3/c1-12(18)6-9-17(20)19-10-4-5-15(19)14-8-7-13(21-2)11-16(14)22-3/h7-8,11-12,15H,4-6,9-10,18H2,1-3H3. The second-order valence-corrected chi connectivity index (χ2v) is 5.87. The third-order valence-electron chi connectivity index (χ3n) is 4.19. The third kappa shape index (κ3) is 3.71. The fourth-order valence-electron chi connectivity index (χ4n) is 2.98. The molecule has 1 aromatic carbocycles. The molecule has 0 saturated carbocycles. The van der Waals surface area contributed by atoms with Crippen LogP contribution in [0.2, 0.25) is 0 Å². The van der Waals surface area contributed by atoms with Crippen LogP contribution in [0, 0.1) is 0 Å². The van der Waals surface area contributed by atoms with Gasteiger partial charge in [-0.15, -0.1) is 0 Å². The van der Waals surface area contributed by atoms with E-state index in [1.54, 1.807) is 14.2 Å². The van der Waals surface area contributed by atoms with Crippen molar-refractivity contribution >= 4 is 5.91 Å². The van der Waals surface area contributed by atoms with E-state index in [9.17, 15) is 4.79 Å². The van der Waals surface area contributed by atoms with Crippen LogP contribution in [0.15, 0.2) is 18.2 Å². The number of carbonyl (C=O) groups is 1. The molecule has 1 heterocycles. The molecule has 2 atom stereocenters. The van der Waals surface area contributed by atoms with Gasteiger partial charge < -0.3 is 20.1 Å². The Kier molecular flexibility index (Phi) is 5.66. The van der Waals surface area contributed by atoms with Gasteiger partial charge in [-0.2, -0.15) is 0 Å². The maximum atomic E-state index is 12.5. The number of hydrogen-bond acceptors (Lipinski definition) is 4. The molecule has 5 nitrogen and oxygen atoms in total. The fourth-order valence-corrected chi connectivity index (χ4v) is 2.98. The van der Waals surface area contributed by atoms with Crippen molar-refractivity contribution in [3.63, 3.8) is 0 Å². The number of likely N-dealkylation sites (tertiary alicyclic amines) is 1. The Hall–Kier alpha value is -1.75. The summed E-state index contributed by atoms with van der Waals surface area (Å²) in [5.74, 6) is 1.71. The van der Waals surface area contributed by atoms with Crippen molar-refractivity contribution in [2.45, 2.75) is 44.7 Å². The van der Waals surface area contributed by atoms with E-state index < -0.39 is 0 Å². The molecule has 0 bridgehead atoms. The molecule has 2 unspecified atom stereocenters. The van der Waals surface area contributed by atoms with Crippen molar-refractivity contribution in [3.8, 4) is 11.5 Å². The summed E-state index contributed by atoms with van der Waals surface area (Å²) in [4.78, 5) is 14.4. The van der Waals surface area contributed by atoms with Gasteiger partial charge in [0.05, 0.1) is 20.3 Å². The minimum absolute atomic E-state index is 0.0560. The number of carbonyl (C=O) groups excluding carboxylic acids is 1. The molecule has 0 radical (unpaired) electrons. The molecule has 0 aliphatic carbocycles. The molecule has 1 aromatic rings. The highest BCUT2D eigenvalue weighted by Crippen LogP contribution is 2.39. The van der Waals surface area contributed by atoms with Crippen molar-refractivity contribution in [3.05, 3.63) is 23.8 Å². The largest absolute Gasteiger partial charge is 0.497 e. The van der Waals surface area contributed by atoms with Gasteiger partial charge in [-0.3, -0.25) is 4.79 Å². The van der Waals surface area contributed by atoms with Gasteiger partial charge in [0, 0.05) is 30.6 Å². The van der Waals surface area contributed by atoms with Crippen molar-refractivity contribution in [1.29, 1.82) is 0 Å². The van der Waals surface area contributed by atoms with Crippen LogP contribution in [0.5, 0.6) is 11.5 Å². The van der Waals surface area contributed by atoms with E-state index in [4.69, 9.17) is 15.2 Å². The number of ether oxygens (including phenoxy) is 2. The summed E-state index contributed by atoms with van der Waals surface area (Å²) in [6.07, 6.45) is 3.21. The van der Waals surface area contributed by atoms with Crippen LogP contribution in [-0.2, 0) is 4.79 Å². The summed E-state index contributed by atoms with van der Waals surface area (Å²) in [6.45, 7) is 2.74. The van der Waals surface area contributed by atoms with Crippen LogP contribution in [0.3, 0.4) is 0 Å². The van der Waals surface area contributed by atoms with Crippen molar-refractivity contribution < 1.29 is 14.3 Å². The fraction of sp³-hybridized carbons (Fsp3) is 0.588. The van der Waals surface area contributed by atoms with Crippen LogP contribution in [0.1, 0.15) is 44.2 Å². The number of rotatable bonds is 6. The molecule has 22 heavy (non-hydrogen) atoms. The summed E-state index contributed by atoms with van der Waals surface area (Å²) in [5.41, 5.74) is 6.81. The maximum Gasteiger partial charge on any atom is 0.223 e. The lowest BCUT2D eigenvalue weighted by Crippen LogP contribution is -2.31. The zero-order chi connectivity index (χ0) is 16.1. The van der Waals surface area contributed by atoms with E-state index >= 15 is 0 Å². The van der Waals surface area contributed by atoms with Gasteiger partial charge >= 0.3 is 0 Å². The van der Waals surface area contributed by atoms with Gasteiger partial charge in [-0.05, 0) is 38.3 Å². The zero-order valence-corrected chi connectivity index (χ0v) is 13.7. The Labute approximate surface area is 132 Å². The van der Waals surface area contributed by atoms with Gasteiger partial charge in [0.1, 0.15) is 11.5 Å². The van der Waals surface area contributed by atoms with Gasteiger partial charge in [0.2, 0.25) is 5.91 Å². The molecule has 122 valence electrons. The topological polar surface area (TPSA) is 64.8 Å². The molecule has 1 fully saturated rings. The van der Waals surface area contributed by atoms with Crippen molar-refractivity contribution in [1.82, 2.24) is 4.90 Å². The molecule has 5 heteroatoms. The summed E-state index contributed by atoms with van der Waals surface area (Å²) < 4.78 is 10.7. The van der Waals surface area contributed by atoms with Crippen LogP contribution in [0.4, 0.5) is 0 Å². The van der Waals surface area contributed by atoms with E-state index in [1.165, 1.54) is 0 Å². The Morgan fingerprint density at radius 2 is 2.18 bits per heavy atom. The van der Waals surface area contributed by atoms with E-state index in [-0.39, 0.29) is 18.0 Å². The van der Waals surface area contributed by atoms with Crippen LogP contribution < -0.4 is 15.2 Å². The third-order valence-corrected chi connectivity index (χ3v) is 4.19. The lowest BCUT2D eigenvalue weighted by molar-refractivity contribution is -0.132. The lowest BCUT2D eigenvalue weighted by Gasteiger charge is -2.27. The number of nitrogens with two attached hydrogens (primary N) is 1. The Bertz CT molecular complexity index is 517. The normalized spacial score (nSPS) is 19.1. The first kappa shape index (κ1) is 16.6. The first-order chi connectivity index (χ1) is 10.6. The first-order valence-corrected chi connectivity index (χ1v) is 7.83. The Morgan fingerprint density at radius 3 is 2.82 bits per heavy atom. The van der Waals surface area contributed by atoms with Crippen LogP contribution in [-0.4, -0.2) is 37.6 Å². The average Bonchev–Trinajstić information content (AvgIpc) is 3.01. The molecule has 2 N–H and O–H groups in total. The van der Waals surface area contributed by atoms with E-state index in [1.807, 2.05) is 30.0 Å². The summed E-state index contributed by atoms with van der Waals surface area (Å²) in [5, 5.41) is 0. The number of amides is 1. The second-order valence-electron chi connectivity index (χ2n) is 5.87. The van der Waals surface area contributed by atoms with Crippen LogP contribution >= 0.6 is 0 Å². The summed E-state index contributed by atoms with van der Waals surface area (Å²) in [7, 11) is 3.28. The van der Waals surface area contributed by atoms with Gasteiger partial charge in [-0.25, -0.2) is 0 Å². The quantitative estimate of drug-likeness (QED) is 0.877. The summed E-state index contributed by atoms with van der Waals surface area (Å²) in [6, 6.07) is 5.93. The molecule has 2 rings (SSSR count). The lowest BCUT2D eigenvalue weighted by atomic mass is 10.0. The van der Waals surface area contributed by atoms with Crippen LogP contribution in [0.25, 0.3) is 0 Å². The number of methoxy groups -OCH3 is 2. The van der Waals surface area contributed by atoms with Gasteiger partial charge in [-0.1, -0.05) is 0 Å².